The molecule has 3 aromatic carbocycles. The summed E-state index contributed by atoms with van der Waals surface area (Å²) in [5, 5.41) is 0. The second-order valence-corrected chi connectivity index (χ2v) is 6.79. The molecule has 130 valence electrons. The number of anilines is 2. The molecule has 1 atom stereocenters. The van der Waals surface area contributed by atoms with Crippen LogP contribution in [0.25, 0.3) is 5.70 Å². The van der Waals surface area contributed by atoms with E-state index in [-0.39, 0.29) is 6.17 Å². The van der Waals surface area contributed by atoms with Gasteiger partial charge in [0.1, 0.15) is 6.17 Å². The summed E-state index contributed by atoms with van der Waals surface area (Å²) < 4.78 is 0. The molecule has 0 amide bonds. The van der Waals surface area contributed by atoms with Crippen LogP contribution < -0.4 is 9.80 Å². The maximum Gasteiger partial charge on any atom is 0.108 e. The Morgan fingerprint density at radius 2 is 1.23 bits per heavy atom. The highest BCUT2D eigenvalue weighted by Gasteiger charge is 2.36. The van der Waals surface area contributed by atoms with Crippen molar-refractivity contribution in [3.8, 4) is 0 Å². The van der Waals surface area contributed by atoms with Gasteiger partial charge in [-0.15, -0.1) is 0 Å². The monoisotopic (exact) mass is 340 g/mol. The topological polar surface area (TPSA) is 6.48 Å². The van der Waals surface area contributed by atoms with Crippen LogP contribution in [0.15, 0.2) is 90.6 Å². The van der Waals surface area contributed by atoms with Gasteiger partial charge in [0.15, 0.2) is 0 Å². The standard InChI is InChI=1S/C24H24N2/c1-18-12-10-11-17-23(18)25-19(2)24(21-13-6-4-7-14-21)26(20(25)3)22-15-8-5-9-16-22/h4-17,20H,1-3H3. The first-order chi connectivity index (χ1) is 12.7. The van der Waals surface area contributed by atoms with Crippen LogP contribution >= 0.6 is 0 Å². The van der Waals surface area contributed by atoms with Gasteiger partial charge in [-0.25, -0.2) is 0 Å². The molecule has 1 heterocycles. The second-order valence-electron chi connectivity index (χ2n) is 6.79. The third kappa shape index (κ3) is 2.68. The van der Waals surface area contributed by atoms with Gasteiger partial charge in [0.05, 0.1) is 5.70 Å². The van der Waals surface area contributed by atoms with Crippen LogP contribution in [0.1, 0.15) is 25.0 Å². The number of nitrogens with zero attached hydrogens (tertiary/aromatic N) is 2. The molecule has 2 heteroatoms. The molecule has 2 nitrogen and oxygen atoms in total. The lowest BCUT2D eigenvalue weighted by atomic mass is 10.1. The average Bonchev–Trinajstić information content (AvgIpc) is 2.94. The summed E-state index contributed by atoms with van der Waals surface area (Å²) in [6.07, 6.45) is 0.203. The Bertz CT molecular complexity index is 929. The predicted octanol–water partition coefficient (Wildman–Crippen LogP) is 6.06. The molecule has 0 saturated carbocycles. The Hall–Kier alpha value is -3.00. The van der Waals surface area contributed by atoms with Crippen LogP contribution in [-0.4, -0.2) is 6.17 Å². The molecular weight excluding hydrogens is 316 g/mol. The van der Waals surface area contributed by atoms with E-state index in [1.807, 2.05) is 0 Å². The van der Waals surface area contributed by atoms with Gasteiger partial charge in [-0.05, 0) is 50.1 Å². The summed E-state index contributed by atoms with van der Waals surface area (Å²) in [6, 6.07) is 30.0. The third-order valence-electron chi connectivity index (χ3n) is 5.15. The summed E-state index contributed by atoms with van der Waals surface area (Å²) in [5.74, 6) is 0. The number of hydrogen-bond donors (Lipinski definition) is 0. The minimum Gasteiger partial charge on any atom is -0.322 e. The third-order valence-corrected chi connectivity index (χ3v) is 5.15. The fourth-order valence-electron chi connectivity index (χ4n) is 3.96. The molecule has 4 rings (SSSR count). The smallest absolute Gasteiger partial charge is 0.108 e. The Kier molecular flexibility index (Phi) is 4.26. The second kappa shape index (κ2) is 6.72. The minimum absolute atomic E-state index is 0.203. The molecular formula is C24H24N2. The highest BCUT2D eigenvalue weighted by molar-refractivity contribution is 5.88. The van der Waals surface area contributed by atoms with Crippen LogP contribution in [0.2, 0.25) is 0 Å². The van der Waals surface area contributed by atoms with E-state index in [0.29, 0.717) is 0 Å². The maximum absolute atomic E-state index is 2.45. The lowest BCUT2D eigenvalue weighted by Gasteiger charge is -2.33. The first-order valence-electron chi connectivity index (χ1n) is 9.14. The Morgan fingerprint density at radius 3 is 1.88 bits per heavy atom. The van der Waals surface area contributed by atoms with Crippen molar-refractivity contribution in [1.29, 1.82) is 0 Å². The van der Waals surface area contributed by atoms with Crippen molar-refractivity contribution in [3.63, 3.8) is 0 Å². The summed E-state index contributed by atoms with van der Waals surface area (Å²) in [6.45, 7) is 6.69. The lowest BCUT2D eigenvalue weighted by Crippen LogP contribution is -2.38. The SMILES string of the molecule is CC1=C(c2ccccc2)N(c2ccccc2)C(C)N1c1ccccc1C. The van der Waals surface area contributed by atoms with Crippen LogP contribution in [0, 0.1) is 6.92 Å². The van der Waals surface area contributed by atoms with Gasteiger partial charge in [-0.3, -0.25) is 0 Å². The summed E-state index contributed by atoms with van der Waals surface area (Å²) in [5.41, 5.74) is 7.57. The van der Waals surface area contributed by atoms with Gasteiger partial charge >= 0.3 is 0 Å². The van der Waals surface area contributed by atoms with E-state index in [9.17, 15) is 0 Å². The number of rotatable bonds is 3. The van der Waals surface area contributed by atoms with Crippen LogP contribution in [0.5, 0.6) is 0 Å². The van der Waals surface area contributed by atoms with Gasteiger partial charge < -0.3 is 9.80 Å². The summed E-state index contributed by atoms with van der Waals surface area (Å²) >= 11 is 0. The van der Waals surface area contributed by atoms with Gasteiger partial charge in [0, 0.05) is 17.1 Å². The zero-order valence-electron chi connectivity index (χ0n) is 15.6. The van der Waals surface area contributed by atoms with Crippen molar-refractivity contribution < 1.29 is 0 Å². The fraction of sp³-hybridized carbons (Fsp3) is 0.167. The highest BCUT2D eigenvalue weighted by atomic mass is 15.4. The first-order valence-corrected chi connectivity index (χ1v) is 9.14. The zero-order chi connectivity index (χ0) is 18.1. The van der Waals surface area contributed by atoms with Crippen LogP contribution in [-0.2, 0) is 0 Å². The molecule has 1 aliphatic heterocycles. The molecule has 0 N–H and O–H groups in total. The molecule has 0 aliphatic carbocycles. The van der Waals surface area contributed by atoms with E-state index in [2.05, 4.69) is 116 Å². The van der Waals surface area contributed by atoms with E-state index in [0.717, 1.165) is 0 Å². The van der Waals surface area contributed by atoms with Crippen molar-refractivity contribution in [2.24, 2.45) is 0 Å². The number of aryl methyl sites for hydroxylation is 1. The van der Waals surface area contributed by atoms with Crippen molar-refractivity contribution in [1.82, 2.24) is 0 Å². The maximum atomic E-state index is 2.45. The van der Waals surface area contributed by atoms with Crippen LogP contribution in [0.3, 0.4) is 0 Å². The van der Waals surface area contributed by atoms with E-state index in [1.54, 1.807) is 0 Å². The van der Waals surface area contributed by atoms with Crippen molar-refractivity contribution in [3.05, 3.63) is 102 Å². The van der Waals surface area contributed by atoms with Gasteiger partial charge in [0.25, 0.3) is 0 Å². The molecule has 26 heavy (non-hydrogen) atoms. The van der Waals surface area contributed by atoms with Gasteiger partial charge in [-0.2, -0.15) is 0 Å². The Balaban J connectivity index is 1.91. The molecule has 1 aliphatic rings. The van der Waals surface area contributed by atoms with Crippen molar-refractivity contribution >= 4 is 17.1 Å². The van der Waals surface area contributed by atoms with Gasteiger partial charge in [0.2, 0.25) is 0 Å². The lowest BCUT2D eigenvalue weighted by molar-refractivity contribution is 0.739. The largest absolute Gasteiger partial charge is 0.322 e. The van der Waals surface area contributed by atoms with Gasteiger partial charge in [-0.1, -0.05) is 66.7 Å². The highest BCUT2D eigenvalue weighted by Crippen LogP contribution is 2.42. The quantitative estimate of drug-likeness (QED) is 0.572. The molecule has 0 spiro atoms. The van der Waals surface area contributed by atoms with E-state index < -0.39 is 0 Å². The van der Waals surface area contributed by atoms with Crippen molar-refractivity contribution in [2.75, 3.05) is 9.80 Å². The molecule has 0 radical (unpaired) electrons. The minimum atomic E-state index is 0.203. The van der Waals surface area contributed by atoms with Crippen LogP contribution in [0.4, 0.5) is 11.4 Å². The van der Waals surface area contributed by atoms with Crippen molar-refractivity contribution in [2.45, 2.75) is 26.9 Å². The first kappa shape index (κ1) is 16.5. The normalized spacial score (nSPS) is 17.1. The number of hydrogen-bond acceptors (Lipinski definition) is 2. The molecule has 0 saturated heterocycles. The fourth-order valence-corrected chi connectivity index (χ4v) is 3.96. The molecule has 0 bridgehead atoms. The zero-order valence-corrected chi connectivity index (χ0v) is 15.6. The predicted molar refractivity (Wildman–Crippen MR) is 111 cm³/mol. The number of para-hydroxylation sites is 2. The Morgan fingerprint density at radius 1 is 0.654 bits per heavy atom. The molecule has 0 fully saturated rings. The van der Waals surface area contributed by atoms with E-state index in [1.165, 1.54) is 33.9 Å². The molecule has 1 unspecified atom stereocenters. The molecule has 0 aromatic heterocycles. The van der Waals surface area contributed by atoms with E-state index >= 15 is 0 Å². The summed E-state index contributed by atoms with van der Waals surface area (Å²) in [7, 11) is 0. The molecule has 3 aromatic rings. The Labute approximate surface area is 156 Å². The number of allylic oxidation sites excluding steroid dienone is 1. The number of benzene rings is 3. The summed E-state index contributed by atoms with van der Waals surface area (Å²) in [4.78, 5) is 4.89. The van der Waals surface area contributed by atoms with E-state index in [4.69, 9.17) is 0 Å². The average molecular weight is 340 g/mol.